The Bertz CT molecular complexity index is 331. The molecule has 1 aliphatic heterocycles. The van der Waals surface area contributed by atoms with Gasteiger partial charge in [-0.05, 0) is 20.8 Å². The summed E-state index contributed by atoms with van der Waals surface area (Å²) in [5, 5.41) is 19.9. The number of carboxylic acid groups (broad SMARTS) is 1. The molecule has 0 spiro atoms. The van der Waals surface area contributed by atoms with Crippen LogP contribution in [0.3, 0.4) is 0 Å². The first kappa shape index (κ1) is 14.7. The minimum Gasteiger partial charge on any atom is -0.480 e. The van der Waals surface area contributed by atoms with Crippen LogP contribution in [0, 0.1) is 0 Å². The molecule has 0 aromatic rings. The molecule has 0 bridgehead atoms. The Hall–Kier alpha value is -1.34. The fraction of sp³-hybridized carbons (Fsp3) is 0.818. The summed E-state index contributed by atoms with van der Waals surface area (Å²) in [6.45, 7) is 5.72. The fourth-order valence-electron chi connectivity index (χ4n) is 2.03. The SMILES string of the molecule is CC1CN(C(=O)NC(CO)C(=O)O)CC(C)(C)O1. The molecule has 1 rings (SSSR count). The van der Waals surface area contributed by atoms with E-state index in [0.717, 1.165) is 0 Å². The molecule has 2 atom stereocenters. The number of rotatable bonds is 3. The molecule has 104 valence electrons. The topological polar surface area (TPSA) is 99.1 Å². The van der Waals surface area contributed by atoms with Crippen LogP contribution in [-0.2, 0) is 9.53 Å². The number of ether oxygens (including phenoxy) is 1. The maximum atomic E-state index is 11.9. The van der Waals surface area contributed by atoms with Crippen LogP contribution in [0.1, 0.15) is 20.8 Å². The second kappa shape index (κ2) is 5.53. The lowest BCUT2D eigenvalue weighted by Gasteiger charge is -2.41. The Balaban J connectivity index is 2.63. The molecule has 7 heteroatoms. The van der Waals surface area contributed by atoms with E-state index in [4.69, 9.17) is 14.9 Å². The van der Waals surface area contributed by atoms with Crippen LogP contribution in [-0.4, -0.2) is 64.6 Å². The zero-order valence-electron chi connectivity index (χ0n) is 10.8. The van der Waals surface area contributed by atoms with Gasteiger partial charge in [-0.1, -0.05) is 0 Å². The molecule has 18 heavy (non-hydrogen) atoms. The van der Waals surface area contributed by atoms with Crippen molar-refractivity contribution in [3.63, 3.8) is 0 Å². The van der Waals surface area contributed by atoms with E-state index in [-0.39, 0.29) is 6.10 Å². The number of nitrogens with zero attached hydrogens (tertiary/aromatic N) is 1. The highest BCUT2D eigenvalue weighted by atomic mass is 16.5. The van der Waals surface area contributed by atoms with Gasteiger partial charge in [-0.25, -0.2) is 9.59 Å². The lowest BCUT2D eigenvalue weighted by molar-refractivity contribution is -0.140. The average Bonchev–Trinajstić information content (AvgIpc) is 2.22. The zero-order valence-corrected chi connectivity index (χ0v) is 10.8. The number of urea groups is 1. The average molecular weight is 260 g/mol. The predicted molar refractivity (Wildman–Crippen MR) is 63.2 cm³/mol. The Morgan fingerprint density at radius 1 is 1.56 bits per heavy atom. The minimum atomic E-state index is -1.28. The third kappa shape index (κ3) is 3.85. The Labute approximate surface area is 106 Å². The van der Waals surface area contributed by atoms with Crippen LogP contribution in [0.15, 0.2) is 0 Å². The number of carbonyl (C=O) groups is 2. The van der Waals surface area contributed by atoms with E-state index in [1.165, 1.54) is 4.90 Å². The normalized spacial score (nSPS) is 24.4. The van der Waals surface area contributed by atoms with Gasteiger partial charge in [0.2, 0.25) is 0 Å². The van der Waals surface area contributed by atoms with Gasteiger partial charge in [-0.3, -0.25) is 0 Å². The van der Waals surface area contributed by atoms with Gasteiger partial charge in [0, 0.05) is 6.54 Å². The highest BCUT2D eigenvalue weighted by molar-refractivity contribution is 5.82. The number of hydrogen-bond acceptors (Lipinski definition) is 4. The van der Waals surface area contributed by atoms with Crippen molar-refractivity contribution in [1.29, 1.82) is 0 Å². The van der Waals surface area contributed by atoms with Crippen molar-refractivity contribution in [3.8, 4) is 0 Å². The quantitative estimate of drug-likeness (QED) is 0.643. The number of carboxylic acids is 1. The number of amides is 2. The maximum absolute atomic E-state index is 11.9. The molecule has 0 saturated carbocycles. The second-order valence-corrected chi connectivity index (χ2v) is 5.09. The third-order valence-electron chi connectivity index (χ3n) is 2.63. The van der Waals surface area contributed by atoms with E-state index in [2.05, 4.69) is 5.32 Å². The van der Waals surface area contributed by atoms with Gasteiger partial charge in [-0.2, -0.15) is 0 Å². The van der Waals surface area contributed by atoms with E-state index in [1.807, 2.05) is 20.8 Å². The summed E-state index contributed by atoms with van der Waals surface area (Å²) in [6.07, 6.45) is -0.114. The van der Waals surface area contributed by atoms with Crippen LogP contribution in [0.2, 0.25) is 0 Å². The van der Waals surface area contributed by atoms with E-state index in [9.17, 15) is 9.59 Å². The molecule has 0 aromatic carbocycles. The largest absolute Gasteiger partial charge is 0.480 e. The van der Waals surface area contributed by atoms with Gasteiger partial charge >= 0.3 is 12.0 Å². The molecular weight excluding hydrogens is 240 g/mol. The van der Waals surface area contributed by atoms with Crippen molar-refractivity contribution in [2.45, 2.75) is 38.5 Å². The van der Waals surface area contributed by atoms with Crippen molar-refractivity contribution >= 4 is 12.0 Å². The molecule has 0 radical (unpaired) electrons. The lowest BCUT2D eigenvalue weighted by Crippen LogP contribution is -2.58. The molecule has 3 N–H and O–H groups in total. The molecule has 2 unspecified atom stereocenters. The Morgan fingerprint density at radius 3 is 2.61 bits per heavy atom. The molecule has 1 fully saturated rings. The highest BCUT2D eigenvalue weighted by Crippen LogP contribution is 2.20. The molecule has 0 aliphatic carbocycles. The summed E-state index contributed by atoms with van der Waals surface area (Å²) in [4.78, 5) is 24.1. The summed E-state index contributed by atoms with van der Waals surface area (Å²) in [5.41, 5.74) is -0.465. The van der Waals surface area contributed by atoms with Crippen molar-refractivity contribution in [3.05, 3.63) is 0 Å². The smallest absolute Gasteiger partial charge is 0.328 e. The van der Waals surface area contributed by atoms with E-state index in [0.29, 0.717) is 13.1 Å². The fourth-order valence-corrected chi connectivity index (χ4v) is 2.03. The van der Waals surface area contributed by atoms with Gasteiger partial charge in [0.15, 0.2) is 6.04 Å². The summed E-state index contributed by atoms with van der Waals surface area (Å²) in [7, 11) is 0. The van der Waals surface area contributed by atoms with Gasteiger partial charge in [-0.15, -0.1) is 0 Å². The number of carbonyl (C=O) groups excluding carboxylic acids is 1. The van der Waals surface area contributed by atoms with Gasteiger partial charge < -0.3 is 25.2 Å². The number of morpholine rings is 1. The van der Waals surface area contributed by atoms with Gasteiger partial charge in [0.1, 0.15) is 0 Å². The standard InChI is InChI=1S/C11H20N2O5/c1-7-4-13(6-11(2,3)18-7)10(17)12-8(5-14)9(15)16/h7-8,14H,4-6H2,1-3H3,(H,12,17)(H,15,16). The van der Waals surface area contributed by atoms with Crippen molar-refractivity contribution < 1.29 is 24.5 Å². The number of aliphatic carboxylic acids is 1. The number of aliphatic hydroxyl groups is 1. The first-order chi connectivity index (χ1) is 8.25. The van der Waals surface area contributed by atoms with E-state index in [1.54, 1.807) is 0 Å². The lowest BCUT2D eigenvalue weighted by atomic mass is 10.1. The Morgan fingerprint density at radius 2 is 2.17 bits per heavy atom. The maximum Gasteiger partial charge on any atom is 0.328 e. The molecule has 1 aliphatic rings. The van der Waals surface area contributed by atoms with Crippen LogP contribution in [0.4, 0.5) is 4.79 Å². The number of hydrogen-bond donors (Lipinski definition) is 3. The molecule has 7 nitrogen and oxygen atoms in total. The number of nitrogens with one attached hydrogen (secondary N) is 1. The summed E-state index contributed by atoms with van der Waals surface area (Å²) < 4.78 is 5.65. The Kier molecular flexibility index (Phi) is 4.53. The predicted octanol–water partition coefficient (Wildman–Crippen LogP) is -0.359. The van der Waals surface area contributed by atoms with Crippen LogP contribution >= 0.6 is 0 Å². The third-order valence-corrected chi connectivity index (χ3v) is 2.63. The monoisotopic (exact) mass is 260 g/mol. The molecule has 1 saturated heterocycles. The van der Waals surface area contributed by atoms with Gasteiger partial charge in [0.05, 0.1) is 24.9 Å². The van der Waals surface area contributed by atoms with Crippen molar-refractivity contribution in [1.82, 2.24) is 10.2 Å². The first-order valence-electron chi connectivity index (χ1n) is 5.82. The highest BCUT2D eigenvalue weighted by Gasteiger charge is 2.34. The molecule has 0 aromatic heterocycles. The zero-order chi connectivity index (χ0) is 13.9. The van der Waals surface area contributed by atoms with Crippen molar-refractivity contribution in [2.24, 2.45) is 0 Å². The van der Waals surface area contributed by atoms with Crippen LogP contribution in [0.5, 0.6) is 0 Å². The van der Waals surface area contributed by atoms with Crippen LogP contribution < -0.4 is 5.32 Å². The summed E-state index contributed by atoms with van der Waals surface area (Å²) in [5.74, 6) is -1.26. The summed E-state index contributed by atoms with van der Waals surface area (Å²) >= 11 is 0. The molecule has 2 amide bonds. The molecule has 1 heterocycles. The molecular formula is C11H20N2O5. The number of aliphatic hydroxyl groups excluding tert-OH is 1. The van der Waals surface area contributed by atoms with E-state index >= 15 is 0 Å². The minimum absolute atomic E-state index is 0.114. The summed E-state index contributed by atoms with van der Waals surface area (Å²) in [6, 6.07) is -1.78. The van der Waals surface area contributed by atoms with E-state index < -0.39 is 30.3 Å². The van der Waals surface area contributed by atoms with Gasteiger partial charge in [0.25, 0.3) is 0 Å². The second-order valence-electron chi connectivity index (χ2n) is 5.09. The van der Waals surface area contributed by atoms with Crippen molar-refractivity contribution in [2.75, 3.05) is 19.7 Å². The van der Waals surface area contributed by atoms with Crippen LogP contribution in [0.25, 0.3) is 0 Å². The first-order valence-corrected chi connectivity index (χ1v) is 5.82.